The van der Waals surface area contributed by atoms with Crippen LogP contribution in [-0.2, 0) is 43.1 Å². The van der Waals surface area contributed by atoms with E-state index in [9.17, 15) is 9.59 Å². The van der Waals surface area contributed by atoms with Gasteiger partial charge in [-0.2, -0.15) is 0 Å². The van der Waals surface area contributed by atoms with Gasteiger partial charge < -0.3 is 39.7 Å². The monoisotopic (exact) mass is 815 g/mol. The zero-order valence-corrected chi connectivity index (χ0v) is 36.7. The van der Waals surface area contributed by atoms with Crippen LogP contribution in [0.25, 0.3) is 0 Å². The van der Waals surface area contributed by atoms with Gasteiger partial charge >= 0.3 is 0 Å². The fourth-order valence-corrected chi connectivity index (χ4v) is 9.02. The molecule has 60 heavy (non-hydrogen) atoms. The molecule has 0 aromatic heterocycles. The van der Waals surface area contributed by atoms with Gasteiger partial charge in [0.05, 0.1) is 11.2 Å². The summed E-state index contributed by atoms with van der Waals surface area (Å²) < 4.78 is 11.1. The molecule has 4 aliphatic heterocycles. The number of nitrogens with zero attached hydrogens (tertiary/aromatic N) is 4. The van der Waals surface area contributed by atoms with Crippen LogP contribution in [0.2, 0.25) is 0 Å². The molecule has 4 aromatic rings. The largest absolute Gasteiger partial charge is 0.374 e. The molecule has 320 valence electrons. The van der Waals surface area contributed by atoms with Crippen molar-refractivity contribution in [3.05, 3.63) is 119 Å². The standard InChI is InChI=1S/2C25H33N3O2/c2*1-25(2,30-3)21-8-10-22(11-9-21)28-15-12-20(24(28)29)18-19-6-4-5-7-23(19)27-16-13-26-14-17-27/h2*4-11,20,26H,12-18H2,1-3H3/t20-;/m0./s1. The van der Waals surface area contributed by atoms with Crippen molar-refractivity contribution in [3.8, 4) is 0 Å². The summed E-state index contributed by atoms with van der Waals surface area (Å²) in [5.41, 5.74) is 8.68. The minimum absolute atomic E-state index is 0.0455. The van der Waals surface area contributed by atoms with Gasteiger partial charge in [0.1, 0.15) is 0 Å². The highest BCUT2D eigenvalue weighted by Gasteiger charge is 2.35. The van der Waals surface area contributed by atoms with Crippen molar-refractivity contribution in [2.24, 2.45) is 11.8 Å². The third-order valence-electron chi connectivity index (χ3n) is 13.2. The molecule has 0 saturated carbocycles. The maximum Gasteiger partial charge on any atom is 0.230 e. The normalized spacial score (nSPS) is 20.1. The van der Waals surface area contributed by atoms with Crippen LogP contribution in [0.4, 0.5) is 22.7 Å². The molecule has 2 N–H and O–H groups in total. The highest BCUT2D eigenvalue weighted by molar-refractivity contribution is 5.98. The van der Waals surface area contributed by atoms with Crippen molar-refractivity contribution in [2.75, 3.05) is 99.3 Å². The second-order valence-electron chi connectivity index (χ2n) is 17.6. The van der Waals surface area contributed by atoms with Crippen LogP contribution in [0, 0.1) is 11.8 Å². The zero-order valence-electron chi connectivity index (χ0n) is 36.7. The molecule has 2 amide bonds. The first-order valence-electron chi connectivity index (χ1n) is 22.0. The minimum atomic E-state index is -0.330. The zero-order chi connectivity index (χ0) is 42.3. The van der Waals surface area contributed by atoms with Crippen LogP contribution in [0.15, 0.2) is 97.1 Å². The summed E-state index contributed by atoms with van der Waals surface area (Å²) in [5, 5.41) is 6.83. The highest BCUT2D eigenvalue weighted by atomic mass is 16.5. The van der Waals surface area contributed by atoms with Gasteiger partial charge in [-0.05, 0) is 112 Å². The van der Waals surface area contributed by atoms with Gasteiger partial charge in [-0.3, -0.25) is 9.59 Å². The van der Waals surface area contributed by atoms with Crippen molar-refractivity contribution >= 4 is 34.6 Å². The first-order chi connectivity index (χ1) is 29.0. The Balaban J connectivity index is 0.000000181. The summed E-state index contributed by atoms with van der Waals surface area (Å²) in [6.45, 7) is 17.9. The number of piperazine rings is 2. The molecule has 4 aromatic carbocycles. The molecule has 8 rings (SSSR count). The topological polar surface area (TPSA) is 89.6 Å². The lowest BCUT2D eigenvalue weighted by Crippen LogP contribution is -2.44. The van der Waals surface area contributed by atoms with E-state index in [0.717, 1.165) is 114 Å². The van der Waals surface area contributed by atoms with Gasteiger partial charge in [-0.1, -0.05) is 60.7 Å². The molecule has 1 unspecified atom stereocenters. The van der Waals surface area contributed by atoms with E-state index in [2.05, 4.69) is 121 Å². The summed E-state index contributed by atoms with van der Waals surface area (Å²) in [5.74, 6) is 0.570. The van der Waals surface area contributed by atoms with E-state index >= 15 is 0 Å². The number of benzene rings is 4. The van der Waals surface area contributed by atoms with E-state index in [1.165, 1.54) is 22.5 Å². The number of carbonyl (C=O) groups excluding carboxylic acids is 2. The van der Waals surface area contributed by atoms with Crippen LogP contribution in [-0.4, -0.2) is 91.5 Å². The van der Waals surface area contributed by atoms with Crippen LogP contribution in [0.3, 0.4) is 0 Å². The fraction of sp³-hybridized carbons (Fsp3) is 0.480. The number of methoxy groups -OCH3 is 2. The van der Waals surface area contributed by atoms with Crippen molar-refractivity contribution in [1.29, 1.82) is 0 Å². The SMILES string of the molecule is COC(C)(C)c1ccc(N2CCC(Cc3ccccc3N3CCNCC3)C2=O)cc1.COC(C)(C)c1ccc(N2CC[C@@H](Cc3ccccc3N3CCNCC3)C2=O)cc1. The lowest BCUT2D eigenvalue weighted by atomic mass is 9.96. The van der Waals surface area contributed by atoms with E-state index in [4.69, 9.17) is 9.47 Å². The smallest absolute Gasteiger partial charge is 0.230 e. The second-order valence-corrected chi connectivity index (χ2v) is 17.6. The summed E-state index contributed by atoms with van der Waals surface area (Å²) in [6.07, 6.45) is 3.43. The number of nitrogens with one attached hydrogen (secondary N) is 2. The number of para-hydroxylation sites is 2. The molecule has 0 radical (unpaired) electrons. The van der Waals surface area contributed by atoms with E-state index in [1.54, 1.807) is 14.2 Å². The third kappa shape index (κ3) is 9.89. The molecule has 4 saturated heterocycles. The molecule has 0 aliphatic carbocycles. The number of rotatable bonds is 12. The van der Waals surface area contributed by atoms with Gasteiger partial charge in [-0.25, -0.2) is 0 Å². The summed E-state index contributed by atoms with van der Waals surface area (Å²) in [6, 6.07) is 33.6. The molecular formula is C50H66N6O4. The van der Waals surface area contributed by atoms with Crippen molar-refractivity contribution in [3.63, 3.8) is 0 Å². The van der Waals surface area contributed by atoms with E-state index < -0.39 is 0 Å². The Morgan fingerprint density at radius 2 is 0.867 bits per heavy atom. The summed E-state index contributed by atoms with van der Waals surface area (Å²) in [4.78, 5) is 35.2. The number of amides is 2. The Kier molecular flexibility index (Phi) is 14.0. The Morgan fingerprint density at radius 1 is 0.517 bits per heavy atom. The first-order valence-corrected chi connectivity index (χ1v) is 22.0. The molecule has 0 bridgehead atoms. The first kappa shape index (κ1) is 43.4. The van der Waals surface area contributed by atoms with Crippen molar-refractivity contribution in [2.45, 2.75) is 64.6 Å². The summed E-state index contributed by atoms with van der Waals surface area (Å²) >= 11 is 0. The maximum atomic E-state index is 13.2. The van der Waals surface area contributed by atoms with E-state index in [-0.39, 0.29) is 34.9 Å². The lowest BCUT2D eigenvalue weighted by Gasteiger charge is -2.31. The van der Waals surface area contributed by atoms with Crippen LogP contribution >= 0.6 is 0 Å². The predicted molar refractivity (Wildman–Crippen MR) is 244 cm³/mol. The van der Waals surface area contributed by atoms with Gasteiger partial charge in [0.25, 0.3) is 0 Å². The Bertz CT molecular complexity index is 1890. The van der Waals surface area contributed by atoms with Crippen molar-refractivity contribution < 1.29 is 19.1 Å². The lowest BCUT2D eigenvalue weighted by molar-refractivity contribution is -0.121. The van der Waals surface area contributed by atoms with Crippen molar-refractivity contribution in [1.82, 2.24) is 10.6 Å². The van der Waals surface area contributed by atoms with E-state index in [1.807, 2.05) is 34.1 Å². The average Bonchev–Trinajstić information content (AvgIpc) is 3.84. The number of ether oxygens (including phenoxy) is 2. The van der Waals surface area contributed by atoms with Gasteiger partial charge in [0.2, 0.25) is 11.8 Å². The van der Waals surface area contributed by atoms with Gasteiger partial charge in [0.15, 0.2) is 0 Å². The van der Waals surface area contributed by atoms with Gasteiger partial charge in [-0.15, -0.1) is 0 Å². The number of anilines is 4. The molecule has 10 nitrogen and oxygen atoms in total. The molecule has 0 spiro atoms. The Morgan fingerprint density at radius 3 is 1.22 bits per heavy atom. The average molecular weight is 815 g/mol. The summed E-state index contributed by atoms with van der Waals surface area (Å²) in [7, 11) is 3.45. The van der Waals surface area contributed by atoms with Gasteiger partial charge in [0, 0.05) is 114 Å². The predicted octanol–water partition coefficient (Wildman–Crippen LogP) is 7.15. The third-order valence-corrected chi connectivity index (χ3v) is 13.2. The Labute approximate surface area is 358 Å². The van der Waals surface area contributed by atoms with Crippen LogP contribution in [0.5, 0.6) is 0 Å². The highest BCUT2D eigenvalue weighted by Crippen LogP contribution is 2.34. The number of hydrogen-bond donors (Lipinski definition) is 2. The van der Waals surface area contributed by atoms with E-state index in [0.29, 0.717) is 0 Å². The maximum absolute atomic E-state index is 13.2. The second kappa shape index (κ2) is 19.3. The molecule has 4 aliphatic rings. The quantitative estimate of drug-likeness (QED) is 0.156. The molecule has 2 atom stereocenters. The minimum Gasteiger partial charge on any atom is -0.374 e. The number of carbonyl (C=O) groups is 2. The fourth-order valence-electron chi connectivity index (χ4n) is 9.02. The van der Waals surface area contributed by atoms with Crippen LogP contribution < -0.4 is 30.2 Å². The molecule has 10 heteroatoms. The molecule has 4 fully saturated rings. The van der Waals surface area contributed by atoms with Crippen LogP contribution in [0.1, 0.15) is 62.8 Å². The molecule has 4 heterocycles. The number of hydrogen-bond acceptors (Lipinski definition) is 8. The Hall–Kier alpha value is -4.74. The molecular weight excluding hydrogens is 749 g/mol.